The molecular formula is C18H17FO2. The van der Waals surface area contributed by atoms with E-state index in [1.807, 2.05) is 12.1 Å². The molecule has 2 aromatic carbocycles. The van der Waals surface area contributed by atoms with Crippen molar-refractivity contribution < 1.29 is 14.2 Å². The summed E-state index contributed by atoms with van der Waals surface area (Å²) >= 11 is 0. The highest BCUT2D eigenvalue weighted by Gasteiger charge is 2.33. The summed E-state index contributed by atoms with van der Waals surface area (Å²) in [6.45, 7) is 0. The number of rotatable bonds is 2. The maximum Gasteiger partial charge on any atom is 0.128 e. The van der Waals surface area contributed by atoms with Gasteiger partial charge in [-0.2, -0.15) is 0 Å². The number of halogens is 1. The van der Waals surface area contributed by atoms with Crippen LogP contribution < -0.4 is 4.74 Å². The topological polar surface area (TPSA) is 29.5 Å². The third kappa shape index (κ3) is 2.32. The summed E-state index contributed by atoms with van der Waals surface area (Å²) in [6, 6.07) is 12.6. The molecule has 1 aliphatic heterocycles. The van der Waals surface area contributed by atoms with Gasteiger partial charge >= 0.3 is 0 Å². The SMILES string of the molecule is OC1CC(c2ccccc2C2CC2)Oc2cc(F)ccc21. The highest BCUT2D eigenvalue weighted by molar-refractivity contribution is 5.41. The van der Waals surface area contributed by atoms with Gasteiger partial charge in [0.1, 0.15) is 17.7 Å². The lowest BCUT2D eigenvalue weighted by Crippen LogP contribution is -2.20. The molecule has 2 unspecified atom stereocenters. The average molecular weight is 284 g/mol. The minimum atomic E-state index is -0.605. The number of aliphatic hydroxyl groups is 1. The lowest BCUT2D eigenvalue weighted by atomic mass is 9.91. The summed E-state index contributed by atoms with van der Waals surface area (Å²) in [5, 5.41) is 10.3. The Morgan fingerprint density at radius 2 is 1.76 bits per heavy atom. The summed E-state index contributed by atoms with van der Waals surface area (Å²) in [5.74, 6) is 0.747. The van der Waals surface area contributed by atoms with Crippen LogP contribution in [0.3, 0.4) is 0 Å². The highest BCUT2D eigenvalue weighted by Crippen LogP contribution is 2.47. The fraction of sp³-hybridized carbons (Fsp3) is 0.333. The summed E-state index contributed by atoms with van der Waals surface area (Å²) in [4.78, 5) is 0. The van der Waals surface area contributed by atoms with E-state index in [2.05, 4.69) is 12.1 Å². The van der Waals surface area contributed by atoms with Crippen LogP contribution in [0.5, 0.6) is 5.75 Å². The number of benzene rings is 2. The van der Waals surface area contributed by atoms with E-state index in [1.54, 1.807) is 6.07 Å². The molecule has 1 heterocycles. The van der Waals surface area contributed by atoms with Gasteiger partial charge in [-0.05, 0) is 42.0 Å². The molecule has 1 N–H and O–H groups in total. The molecule has 1 aliphatic carbocycles. The second-order valence-corrected chi connectivity index (χ2v) is 5.94. The number of fused-ring (bicyclic) bond motifs is 1. The molecule has 2 nitrogen and oxygen atoms in total. The van der Waals surface area contributed by atoms with Crippen molar-refractivity contribution in [3.63, 3.8) is 0 Å². The average Bonchev–Trinajstić information content (AvgIpc) is 3.31. The van der Waals surface area contributed by atoms with Crippen LogP contribution in [-0.4, -0.2) is 5.11 Å². The Morgan fingerprint density at radius 3 is 2.52 bits per heavy atom. The first kappa shape index (κ1) is 12.8. The molecule has 1 saturated carbocycles. The summed E-state index contributed by atoms with van der Waals surface area (Å²) in [6.07, 6.45) is 2.15. The van der Waals surface area contributed by atoms with Gasteiger partial charge in [-0.25, -0.2) is 4.39 Å². The standard InChI is InChI=1S/C18H17FO2/c19-12-7-8-15-16(20)10-18(21-17(15)9-12)14-4-2-1-3-13(14)11-5-6-11/h1-4,7-9,11,16,18,20H,5-6,10H2. The molecule has 1 fully saturated rings. The van der Waals surface area contributed by atoms with E-state index >= 15 is 0 Å². The van der Waals surface area contributed by atoms with Crippen LogP contribution in [0, 0.1) is 5.82 Å². The van der Waals surface area contributed by atoms with Gasteiger partial charge in [0.15, 0.2) is 0 Å². The molecule has 3 heteroatoms. The van der Waals surface area contributed by atoms with Crippen LogP contribution in [-0.2, 0) is 0 Å². The zero-order valence-electron chi connectivity index (χ0n) is 11.6. The maximum absolute atomic E-state index is 13.4. The Hall–Kier alpha value is -1.87. The van der Waals surface area contributed by atoms with Crippen molar-refractivity contribution in [1.29, 1.82) is 0 Å². The molecule has 0 spiro atoms. The van der Waals surface area contributed by atoms with Crippen molar-refractivity contribution in [3.05, 3.63) is 65.0 Å². The monoisotopic (exact) mass is 284 g/mol. The van der Waals surface area contributed by atoms with Gasteiger partial charge in [-0.15, -0.1) is 0 Å². The molecule has 0 amide bonds. The smallest absolute Gasteiger partial charge is 0.128 e. The van der Waals surface area contributed by atoms with Gasteiger partial charge in [-0.3, -0.25) is 0 Å². The third-order valence-corrected chi connectivity index (χ3v) is 4.40. The minimum absolute atomic E-state index is 0.203. The van der Waals surface area contributed by atoms with E-state index in [-0.39, 0.29) is 11.9 Å². The van der Waals surface area contributed by atoms with Crippen LogP contribution in [0.15, 0.2) is 42.5 Å². The van der Waals surface area contributed by atoms with Crippen LogP contribution in [0.1, 0.15) is 54.1 Å². The third-order valence-electron chi connectivity index (χ3n) is 4.40. The highest BCUT2D eigenvalue weighted by atomic mass is 19.1. The van der Waals surface area contributed by atoms with Gasteiger partial charge in [-0.1, -0.05) is 24.3 Å². The first-order chi connectivity index (χ1) is 10.2. The Kier molecular flexibility index (Phi) is 2.96. The summed E-state index contributed by atoms with van der Waals surface area (Å²) in [7, 11) is 0. The Balaban J connectivity index is 1.72. The number of aliphatic hydroxyl groups excluding tert-OH is 1. The molecule has 0 radical (unpaired) electrons. The minimum Gasteiger partial charge on any atom is -0.485 e. The number of hydrogen-bond donors (Lipinski definition) is 1. The second-order valence-electron chi connectivity index (χ2n) is 5.94. The fourth-order valence-corrected chi connectivity index (χ4v) is 3.18. The van der Waals surface area contributed by atoms with Gasteiger partial charge < -0.3 is 9.84 Å². The predicted octanol–water partition coefficient (Wildman–Crippen LogP) is 4.26. The Labute approximate surface area is 123 Å². The van der Waals surface area contributed by atoms with Crippen molar-refractivity contribution in [1.82, 2.24) is 0 Å². The Morgan fingerprint density at radius 1 is 1.00 bits per heavy atom. The molecule has 108 valence electrons. The van der Waals surface area contributed by atoms with E-state index in [9.17, 15) is 9.50 Å². The van der Waals surface area contributed by atoms with Crippen LogP contribution >= 0.6 is 0 Å². The first-order valence-electron chi connectivity index (χ1n) is 7.45. The van der Waals surface area contributed by atoms with E-state index < -0.39 is 6.10 Å². The van der Waals surface area contributed by atoms with Crippen molar-refractivity contribution in [3.8, 4) is 5.75 Å². The lowest BCUT2D eigenvalue weighted by Gasteiger charge is -2.31. The van der Waals surface area contributed by atoms with Gasteiger partial charge in [0.25, 0.3) is 0 Å². The van der Waals surface area contributed by atoms with E-state index in [0.29, 0.717) is 23.7 Å². The van der Waals surface area contributed by atoms with E-state index in [0.717, 1.165) is 5.56 Å². The van der Waals surface area contributed by atoms with E-state index in [4.69, 9.17) is 4.74 Å². The molecule has 0 saturated heterocycles. The molecule has 0 bridgehead atoms. The fourth-order valence-electron chi connectivity index (χ4n) is 3.18. The van der Waals surface area contributed by atoms with Gasteiger partial charge in [0.05, 0.1) is 6.10 Å². The molecule has 0 aromatic heterocycles. The van der Waals surface area contributed by atoms with Crippen molar-refractivity contribution in [2.75, 3.05) is 0 Å². The van der Waals surface area contributed by atoms with Crippen molar-refractivity contribution in [2.45, 2.75) is 37.4 Å². The first-order valence-corrected chi connectivity index (χ1v) is 7.45. The number of hydrogen-bond acceptors (Lipinski definition) is 2. The van der Waals surface area contributed by atoms with Crippen LogP contribution in [0.2, 0.25) is 0 Å². The molecule has 2 atom stereocenters. The maximum atomic E-state index is 13.4. The molecular weight excluding hydrogens is 267 g/mol. The quantitative estimate of drug-likeness (QED) is 0.892. The van der Waals surface area contributed by atoms with Gasteiger partial charge in [0, 0.05) is 18.1 Å². The molecule has 2 aromatic rings. The van der Waals surface area contributed by atoms with Crippen molar-refractivity contribution >= 4 is 0 Å². The predicted molar refractivity (Wildman–Crippen MR) is 77.8 cm³/mol. The van der Waals surface area contributed by atoms with Crippen molar-refractivity contribution in [2.24, 2.45) is 0 Å². The van der Waals surface area contributed by atoms with Crippen LogP contribution in [0.4, 0.5) is 4.39 Å². The second kappa shape index (κ2) is 4.85. The van der Waals surface area contributed by atoms with Gasteiger partial charge in [0.2, 0.25) is 0 Å². The van der Waals surface area contributed by atoms with E-state index in [1.165, 1.54) is 30.5 Å². The summed E-state index contributed by atoms with van der Waals surface area (Å²) in [5.41, 5.74) is 3.13. The Bertz CT molecular complexity index is 679. The lowest BCUT2D eigenvalue weighted by molar-refractivity contribution is 0.0649. The zero-order chi connectivity index (χ0) is 14.4. The normalized spacial score (nSPS) is 24.3. The molecule has 2 aliphatic rings. The molecule has 4 rings (SSSR count). The number of ether oxygens (including phenoxy) is 1. The zero-order valence-corrected chi connectivity index (χ0v) is 11.6. The van der Waals surface area contributed by atoms with Crippen LogP contribution in [0.25, 0.3) is 0 Å². The summed E-state index contributed by atoms with van der Waals surface area (Å²) < 4.78 is 19.4. The molecule has 21 heavy (non-hydrogen) atoms. The largest absolute Gasteiger partial charge is 0.485 e.